The molecule has 0 aromatic carbocycles. The van der Waals surface area contributed by atoms with Crippen molar-refractivity contribution in [2.45, 2.75) is 245 Å². The minimum Gasteiger partial charge on any atom is -0.467 e. The van der Waals surface area contributed by atoms with E-state index in [0.29, 0.717) is 63.5 Å². The largest absolute Gasteiger partial charge is 0.467 e. The van der Waals surface area contributed by atoms with E-state index in [1.54, 1.807) is 83.1 Å². The zero-order valence-corrected chi connectivity index (χ0v) is 55.5. The number of hydrogen-bond acceptors (Lipinski definition) is 18. The van der Waals surface area contributed by atoms with E-state index in [4.69, 9.17) is 34.2 Å². The minimum absolute atomic E-state index is 0.109. The van der Waals surface area contributed by atoms with Gasteiger partial charge in [-0.25, -0.2) is 28.8 Å². The van der Waals surface area contributed by atoms with Crippen LogP contribution in [0.1, 0.15) is 194 Å². The highest BCUT2D eigenvalue weighted by molar-refractivity contribution is 5.93. The summed E-state index contributed by atoms with van der Waals surface area (Å²) < 4.78 is 31.1. The molecule has 2 heterocycles. The van der Waals surface area contributed by atoms with Crippen LogP contribution in [0.4, 0.5) is 19.2 Å². The molecule has 9 N–H and O–H groups in total. The van der Waals surface area contributed by atoms with Crippen molar-refractivity contribution in [3.8, 4) is 0 Å². The lowest BCUT2D eigenvalue weighted by atomic mass is 9.99. The van der Waals surface area contributed by atoms with Crippen molar-refractivity contribution in [2.75, 3.05) is 66.6 Å². The highest BCUT2D eigenvalue weighted by Crippen LogP contribution is 2.36. The number of rotatable bonds is 26. The average Bonchev–Trinajstić information content (AvgIpc) is 1.80. The number of esters is 2. The average molecular weight is 1240 g/mol. The van der Waals surface area contributed by atoms with Crippen molar-refractivity contribution < 1.29 is 76.4 Å². The van der Waals surface area contributed by atoms with E-state index in [0.717, 1.165) is 45.2 Å². The number of alkyl carbamates (subject to hydrolysis) is 4. The fraction of sp³-hybridized carbons (Fsp3) is 0.836. The Balaban J connectivity index is 0.000000550. The number of methoxy groups -OCH3 is 2. The molecule has 0 bridgehead atoms. The van der Waals surface area contributed by atoms with Gasteiger partial charge < -0.3 is 81.2 Å². The molecule has 2 aliphatic heterocycles. The molecule has 4 rings (SSSR count). The molecule has 2 saturated heterocycles. The normalized spacial score (nSPS) is 19.7. The Hall–Kier alpha value is -6.18. The first kappa shape index (κ1) is 76.9. The van der Waals surface area contributed by atoms with E-state index in [1.807, 2.05) is 6.92 Å². The van der Waals surface area contributed by atoms with Crippen LogP contribution in [0.25, 0.3) is 0 Å². The van der Waals surface area contributed by atoms with Gasteiger partial charge in [0, 0.05) is 44.9 Å². The molecule has 26 heteroatoms. The number of nitrogens with two attached hydrogens (primary N) is 1. The summed E-state index contributed by atoms with van der Waals surface area (Å²) in [6, 6.07) is -2.45. The second kappa shape index (κ2) is 35.1. The zero-order valence-electron chi connectivity index (χ0n) is 55.5. The summed E-state index contributed by atoms with van der Waals surface area (Å²) in [6.07, 6.45) is 6.11. The standard InChI is InChI=1S/C29H50N4O8.C28H49N5O8.C4H11N/c1-19(17-20-12-13-20)22(34)31-21(11-9-10-15-30-25(37)40-27(2,3)4)23(35)33-16-14-29(18-33,24(36)39-8)32-26(38)41-28(5,6)7;1-26(2,3)40-24(37)30-14-9-8-10-20(31-21(34)19(29)16-18-11-12-18)22(35)33-15-13-28(17-33,23(36)39-7)32-25(38)41-27(4,5)6;1-3-5-4-2/h19-21H,9-18H2,1-8H3,(H,30,37)(H,31,34)(H,32,38);18-20H,8-17,29H2,1-7H3,(H,30,37)(H,31,34)(H,32,38);5H,3-4H2,1-2H3/t19-,21-,29?;19-,20-,28?;/m11./s1. The molecule has 87 heavy (non-hydrogen) atoms. The molecule has 0 spiro atoms. The smallest absolute Gasteiger partial charge is 0.408 e. The molecular formula is C61H110N10O16. The Morgan fingerprint density at radius 2 is 0.862 bits per heavy atom. The quantitative estimate of drug-likeness (QED) is 0.0286. The molecule has 0 aromatic rings. The second-order valence-electron chi connectivity index (χ2n) is 27.2. The molecule has 4 aliphatic rings. The van der Waals surface area contributed by atoms with E-state index in [-0.39, 0.29) is 63.2 Å². The van der Waals surface area contributed by atoms with Gasteiger partial charge >= 0.3 is 36.3 Å². The Morgan fingerprint density at radius 3 is 1.18 bits per heavy atom. The van der Waals surface area contributed by atoms with Gasteiger partial charge in [0.15, 0.2) is 11.1 Å². The summed E-state index contributed by atoms with van der Waals surface area (Å²) in [5, 5.41) is 19.5. The molecule has 26 nitrogen and oxygen atoms in total. The Kier molecular flexibility index (Phi) is 31.1. The first-order chi connectivity index (χ1) is 40.3. The van der Waals surface area contributed by atoms with Crippen LogP contribution in [0.2, 0.25) is 0 Å². The monoisotopic (exact) mass is 1240 g/mol. The van der Waals surface area contributed by atoms with Crippen LogP contribution in [0.15, 0.2) is 0 Å². The maximum Gasteiger partial charge on any atom is 0.408 e. The lowest BCUT2D eigenvalue weighted by molar-refractivity contribution is -0.149. The number of carbonyl (C=O) groups is 10. The number of nitrogens with one attached hydrogen (secondary N) is 7. The molecule has 4 fully saturated rings. The van der Waals surface area contributed by atoms with Crippen LogP contribution < -0.4 is 43.0 Å². The molecule has 0 aromatic heterocycles. The van der Waals surface area contributed by atoms with E-state index in [9.17, 15) is 47.9 Å². The van der Waals surface area contributed by atoms with Gasteiger partial charge in [0.1, 0.15) is 34.5 Å². The molecular weight excluding hydrogens is 1130 g/mol. The summed E-state index contributed by atoms with van der Waals surface area (Å²) in [7, 11) is 2.43. The van der Waals surface area contributed by atoms with Crippen LogP contribution >= 0.6 is 0 Å². The van der Waals surface area contributed by atoms with Gasteiger partial charge in [0.2, 0.25) is 23.6 Å². The van der Waals surface area contributed by atoms with E-state index in [2.05, 4.69) is 51.1 Å². The van der Waals surface area contributed by atoms with Crippen LogP contribution in [0.5, 0.6) is 0 Å². The summed E-state index contributed by atoms with van der Waals surface area (Å²) in [5.41, 5.74) is 0.380. The Morgan fingerprint density at radius 1 is 0.517 bits per heavy atom. The zero-order chi connectivity index (χ0) is 66.1. The van der Waals surface area contributed by atoms with Gasteiger partial charge in [-0.3, -0.25) is 19.2 Å². The van der Waals surface area contributed by atoms with Gasteiger partial charge in [-0.05, 0) is 159 Å². The number of ether oxygens (including phenoxy) is 6. The van der Waals surface area contributed by atoms with Crippen molar-refractivity contribution >= 4 is 59.9 Å². The highest BCUT2D eigenvalue weighted by atomic mass is 16.6. The SMILES string of the molecule is CCNCC.COC(=O)C1(NC(=O)OC(C)(C)C)CCN(C(=O)[C@@H](CCCCNC(=O)OC(C)(C)C)NC(=O)[C@H](C)CC2CC2)C1.COC(=O)C1(NC(=O)OC(C)(C)C)CCN(C(=O)[C@@H](CCCCNC(=O)OC(C)(C)C)NC(=O)[C@H](N)CC2CC2)C1. The maximum absolute atomic E-state index is 13.7. The van der Waals surface area contributed by atoms with Gasteiger partial charge in [-0.1, -0.05) is 46.5 Å². The first-order valence-electron chi connectivity index (χ1n) is 31.1. The lowest BCUT2D eigenvalue weighted by Gasteiger charge is -2.30. The van der Waals surface area contributed by atoms with Crippen LogP contribution in [0, 0.1) is 17.8 Å². The maximum atomic E-state index is 13.7. The number of nitrogens with zero attached hydrogens (tertiary/aromatic N) is 2. The lowest BCUT2D eigenvalue weighted by Crippen LogP contribution is -2.59. The molecule has 0 radical (unpaired) electrons. The van der Waals surface area contributed by atoms with E-state index < -0.39 is 99.7 Å². The minimum atomic E-state index is -1.49. The molecule has 8 amide bonds. The number of amides is 8. The van der Waals surface area contributed by atoms with Crippen molar-refractivity contribution in [3.63, 3.8) is 0 Å². The summed E-state index contributed by atoms with van der Waals surface area (Å²) in [5.74, 6) is -1.94. The van der Waals surface area contributed by atoms with Gasteiger partial charge in [-0.15, -0.1) is 0 Å². The number of carbonyl (C=O) groups excluding carboxylic acids is 10. The Labute approximate surface area is 517 Å². The van der Waals surface area contributed by atoms with Crippen LogP contribution in [-0.2, 0) is 57.2 Å². The molecule has 2 saturated carbocycles. The number of hydrogen-bond donors (Lipinski definition) is 8. The van der Waals surface area contributed by atoms with Gasteiger partial charge in [-0.2, -0.15) is 0 Å². The van der Waals surface area contributed by atoms with E-state index >= 15 is 0 Å². The highest BCUT2D eigenvalue weighted by Gasteiger charge is 2.51. The summed E-state index contributed by atoms with van der Waals surface area (Å²) in [4.78, 5) is 131. The van der Waals surface area contributed by atoms with Crippen molar-refractivity contribution in [1.82, 2.24) is 47.0 Å². The summed E-state index contributed by atoms with van der Waals surface area (Å²) >= 11 is 0. The molecule has 500 valence electrons. The number of unbranched alkanes of at least 4 members (excludes halogenated alkanes) is 2. The van der Waals surface area contributed by atoms with Gasteiger partial charge in [0.25, 0.3) is 0 Å². The topological polar surface area (TPSA) is 343 Å². The number of likely N-dealkylation sites (tertiary alicyclic amines) is 2. The van der Waals surface area contributed by atoms with Crippen LogP contribution in [-0.4, -0.2) is 188 Å². The third-order valence-electron chi connectivity index (χ3n) is 14.2. The fourth-order valence-electron chi connectivity index (χ4n) is 9.56. The third kappa shape index (κ3) is 30.5. The van der Waals surface area contributed by atoms with Gasteiger partial charge in [0.05, 0.1) is 33.4 Å². The third-order valence-corrected chi connectivity index (χ3v) is 14.2. The fourth-order valence-corrected chi connectivity index (χ4v) is 9.56. The summed E-state index contributed by atoms with van der Waals surface area (Å²) in [6.45, 7) is 29.9. The predicted molar refractivity (Wildman–Crippen MR) is 327 cm³/mol. The van der Waals surface area contributed by atoms with E-state index in [1.165, 1.54) is 24.0 Å². The second-order valence-corrected chi connectivity index (χ2v) is 27.2. The molecule has 2 aliphatic carbocycles. The molecule has 2 unspecified atom stereocenters. The van der Waals surface area contributed by atoms with Crippen molar-refractivity contribution in [1.29, 1.82) is 0 Å². The van der Waals surface area contributed by atoms with Crippen molar-refractivity contribution in [3.05, 3.63) is 0 Å². The Bertz CT molecular complexity index is 2120. The first-order valence-corrected chi connectivity index (χ1v) is 31.1. The molecule has 6 atom stereocenters. The van der Waals surface area contributed by atoms with Crippen molar-refractivity contribution in [2.24, 2.45) is 23.5 Å². The predicted octanol–water partition coefficient (Wildman–Crippen LogP) is 5.85. The van der Waals surface area contributed by atoms with Crippen LogP contribution in [0.3, 0.4) is 0 Å².